The smallest absolute Gasteiger partial charge is 0.316 e. The molecule has 0 aliphatic heterocycles. The Hall–Kier alpha value is -1.82. The maximum Gasteiger partial charge on any atom is 0.316 e. The van der Waals surface area contributed by atoms with Gasteiger partial charge in [0, 0.05) is 6.42 Å². The van der Waals surface area contributed by atoms with Crippen molar-refractivity contribution in [3.05, 3.63) is 29.7 Å². The van der Waals surface area contributed by atoms with Crippen molar-refractivity contribution in [3.63, 3.8) is 0 Å². The molecule has 5 nitrogen and oxygen atoms in total. The number of aromatic nitrogens is 1. The maximum atomic E-state index is 11.2. The lowest BCUT2D eigenvalue weighted by molar-refractivity contribution is -0.140. The summed E-state index contributed by atoms with van der Waals surface area (Å²) < 4.78 is 5.51. The van der Waals surface area contributed by atoms with Crippen molar-refractivity contribution in [2.75, 3.05) is 0 Å². The quantitative estimate of drug-likeness (QED) is 0.828. The minimum Gasteiger partial charge on any atom is -0.481 e. The van der Waals surface area contributed by atoms with Crippen LogP contribution in [0.15, 0.2) is 22.6 Å². The van der Waals surface area contributed by atoms with Crippen LogP contribution in [-0.4, -0.2) is 21.2 Å². The molecule has 0 spiro atoms. The first-order chi connectivity index (χ1) is 9.40. The third-order valence-electron chi connectivity index (χ3n) is 3.06. The van der Waals surface area contributed by atoms with E-state index in [-0.39, 0.29) is 18.2 Å². The fourth-order valence-electron chi connectivity index (χ4n) is 2.06. The van der Waals surface area contributed by atoms with Crippen molar-refractivity contribution in [3.8, 4) is 0 Å². The number of benzene rings is 1. The first kappa shape index (κ1) is 14.6. The van der Waals surface area contributed by atoms with E-state index < -0.39 is 17.0 Å². The van der Waals surface area contributed by atoms with Crippen LogP contribution in [0.5, 0.6) is 0 Å². The third kappa shape index (κ3) is 2.85. The van der Waals surface area contributed by atoms with Crippen LogP contribution >= 0.6 is 12.6 Å². The number of aliphatic carboxylic acids is 1. The van der Waals surface area contributed by atoms with Gasteiger partial charge in [-0.25, -0.2) is 4.98 Å². The molecule has 1 atom stereocenters. The average Bonchev–Trinajstić information content (AvgIpc) is 2.77. The summed E-state index contributed by atoms with van der Waals surface area (Å²) >= 11 is 3.63. The van der Waals surface area contributed by atoms with Gasteiger partial charge in [0.05, 0.1) is 0 Å². The molecule has 0 bridgehead atoms. The van der Waals surface area contributed by atoms with Gasteiger partial charge in [-0.3, -0.25) is 9.59 Å². The van der Waals surface area contributed by atoms with E-state index >= 15 is 0 Å². The summed E-state index contributed by atoms with van der Waals surface area (Å²) in [4.78, 5) is 26.6. The first-order valence-electron chi connectivity index (χ1n) is 6.24. The predicted octanol–water partition coefficient (Wildman–Crippen LogP) is 2.97. The lowest BCUT2D eigenvalue weighted by atomic mass is 10.0. The van der Waals surface area contributed by atoms with Crippen LogP contribution in [-0.2, 0) is 9.59 Å². The molecule has 0 aliphatic rings. The number of carbonyl (C=O) groups is 2. The van der Waals surface area contributed by atoms with Crippen LogP contribution < -0.4 is 0 Å². The van der Waals surface area contributed by atoms with Gasteiger partial charge in [-0.2, -0.15) is 0 Å². The van der Waals surface area contributed by atoms with Crippen molar-refractivity contribution in [1.29, 1.82) is 0 Å². The summed E-state index contributed by atoms with van der Waals surface area (Å²) in [5, 5.41) is 8.68. The first-order valence-corrected chi connectivity index (χ1v) is 6.68. The van der Waals surface area contributed by atoms with Crippen molar-refractivity contribution in [2.24, 2.45) is 0 Å². The second kappa shape index (κ2) is 5.66. The van der Waals surface area contributed by atoms with Gasteiger partial charge < -0.3 is 9.52 Å². The highest BCUT2D eigenvalue weighted by molar-refractivity contribution is 7.96. The summed E-state index contributed by atoms with van der Waals surface area (Å²) in [6.07, 6.45) is -0.248. The number of para-hydroxylation sites is 1. The van der Waals surface area contributed by atoms with E-state index in [0.29, 0.717) is 11.1 Å². The van der Waals surface area contributed by atoms with Crippen LogP contribution in [0.25, 0.3) is 11.1 Å². The van der Waals surface area contributed by atoms with Crippen LogP contribution in [0.4, 0.5) is 0 Å². The van der Waals surface area contributed by atoms with Crippen LogP contribution in [0.2, 0.25) is 0 Å². The molecule has 1 aromatic heterocycles. The number of fused-ring (bicyclic) bond motifs is 1. The second-order valence-corrected chi connectivity index (χ2v) is 5.39. The number of hydrogen-bond donors (Lipinski definition) is 2. The Bertz CT molecular complexity index is 662. The zero-order valence-corrected chi connectivity index (χ0v) is 12.1. The van der Waals surface area contributed by atoms with Crippen molar-refractivity contribution in [1.82, 2.24) is 4.98 Å². The van der Waals surface area contributed by atoms with E-state index in [1.165, 1.54) is 0 Å². The number of rotatable bonds is 5. The van der Waals surface area contributed by atoms with Gasteiger partial charge >= 0.3 is 5.97 Å². The maximum absolute atomic E-state index is 11.2. The molecule has 0 fully saturated rings. The Labute approximate surface area is 121 Å². The van der Waals surface area contributed by atoms with E-state index in [2.05, 4.69) is 17.6 Å². The molecule has 0 aliphatic carbocycles. The van der Waals surface area contributed by atoms with E-state index in [1.807, 2.05) is 26.0 Å². The van der Waals surface area contributed by atoms with Crippen molar-refractivity contribution in [2.45, 2.75) is 32.1 Å². The average molecular weight is 293 g/mol. The van der Waals surface area contributed by atoms with Crippen LogP contribution in [0, 0.1) is 0 Å². The molecular weight excluding hydrogens is 278 g/mol. The molecule has 0 saturated carbocycles. The number of hydrogen-bond acceptors (Lipinski definition) is 4. The summed E-state index contributed by atoms with van der Waals surface area (Å²) in [5.74, 6) is -1.97. The molecule has 0 amide bonds. The molecule has 2 rings (SSSR count). The molecule has 1 N–H and O–H groups in total. The number of nitrogens with zero attached hydrogens (tertiary/aromatic N) is 1. The fraction of sp³-hybridized carbons (Fsp3) is 0.357. The Morgan fingerprint density at radius 3 is 2.65 bits per heavy atom. The topological polar surface area (TPSA) is 80.4 Å². The largest absolute Gasteiger partial charge is 0.481 e. The fourth-order valence-corrected chi connectivity index (χ4v) is 2.24. The summed E-state index contributed by atoms with van der Waals surface area (Å²) in [6, 6.07) is 5.50. The number of carboxylic acids is 1. The molecule has 1 aromatic carbocycles. The van der Waals surface area contributed by atoms with Gasteiger partial charge in [0.25, 0.3) is 0 Å². The van der Waals surface area contributed by atoms with Crippen LogP contribution in [0.1, 0.15) is 43.6 Å². The molecule has 2 aromatic rings. The Balaban J connectivity index is 2.52. The standard InChI is InChI=1S/C14H15NO4S/c1-7(2)8-4-3-5-10-12(8)15-13(19-10)9(14(17)18)6-11(16)20/h3-5,7,9H,6H2,1-2H3,(H,16,20)(H,17,18). The van der Waals surface area contributed by atoms with Crippen LogP contribution in [0.3, 0.4) is 0 Å². The normalized spacial score (nSPS) is 12.8. The monoisotopic (exact) mass is 293 g/mol. The highest BCUT2D eigenvalue weighted by atomic mass is 32.1. The SMILES string of the molecule is CC(C)c1cccc2oc(C(CC(=O)S)C(=O)O)nc12. The Kier molecular flexibility index (Phi) is 4.13. The summed E-state index contributed by atoms with van der Waals surface area (Å²) in [6.45, 7) is 4.05. The number of carboxylic acid groups (broad SMARTS) is 1. The third-order valence-corrected chi connectivity index (χ3v) is 3.25. The van der Waals surface area contributed by atoms with E-state index in [0.717, 1.165) is 5.56 Å². The highest BCUT2D eigenvalue weighted by Crippen LogP contribution is 2.29. The minimum atomic E-state index is -1.15. The Morgan fingerprint density at radius 1 is 1.40 bits per heavy atom. The van der Waals surface area contributed by atoms with Gasteiger partial charge in [-0.15, -0.1) is 12.6 Å². The lowest BCUT2D eigenvalue weighted by Gasteiger charge is -2.05. The van der Waals surface area contributed by atoms with Gasteiger partial charge in [-0.1, -0.05) is 26.0 Å². The molecule has 106 valence electrons. The highest BCUT2D eigenvalue weighted by Gasteiger charge is 2.28. The molecule has 0 radical (unpaired) electrons. The zero-order valence-electron chi connectivity index (χ0n) is 11.2. The van der Waals surface area contributed by atoms with Gasteiger partial charge in [0.15, 0.2) is 10.7 Å². The predicted molar refractivity (Wildman–Crippen MR) is 77.1 cm³/mol. The molecule has 1 heterocycles. The van der Waals surface area contributed by atoms with Crippen molar-refractivity contribution >= 4 is 34.8 Å². The molecule has 20 heavy (non-hydrogen) atoms. The molecular formula is C14H15NO4S. The summed E-state index contributed by atoms with van der Waals surface area (Å²) in [7, 11) is 0. The molecule has 0 saturated heterocycles. The number of carbonyl (C=O) groups excluding carboxylic acids is 1. The minimum absolute atomic E-state index is 0.0444. The van der Waals surface area contributed by atoms with Gasteiger partial charge in [0.2, 0.25) is 5.89 Å². The Morgan fingerprint density at radius 2 is 2.10 bits per heavy atom. The number of thiol groups is 1. The summed E-state index contributed by atoms with van der Waals surface area (Å²) in [5.41, 5.74) is 2.17. The molecule has 1 unspecified atom stereocenters. The molecule has 6 heteroatoms. The lowest BCUT2D eigenvalue weighted by Crippen LogP contribution is -2.14. The van der Waals surface area contributed by atoms with Gasteiger partial charge in [0.1, 0.15) is 11.4 Å². The van der Waals surface area contributed by atoms with E-state index in [4.69, 9.17) is 4.42 Å². The van der Waals surface area contributed by atoms with Crippen molar-refractivity contribution < 1.29 is 19.1 Å². The van der Waals surface area contributed by atoms with E-state index in [9.17, 15) is 14.7 Å². The number of oxazole rings is 1. The zero-order chi connectivity index (χ0) is 14.9. The second-order valence-electron chi connectivity index (χ2n) is 4.89. The van der Waals surface area contributed by atoms with Gasteiger partial charge in [-0.05, 0) is 17.5 Å². The van der Waals surface area contributed by atoms with E-state index in [1.54, 1.807) is 6.07 Å².